The highest BCUT2D eigenvalue weighted by Crippen LogP contribution is 2.33. The third-order valence-electron chi connectivity index (χ3n) is 6.62. The van der Waals surface area contributed by atoms with Gasteiger partial charge in [0.2, 0.25) is 5.91 Å². The van der Waals surface area contributed by atoms with Crippen LogP contribution in [-0.2, 0) is 17.8 Å². The largest absolute Gasteiger partial charge is 0.392 e. The van der Waals surface area contributed by atoms with E-state index in [9.17, 15) is 9.90 Å². The van der Waals surface area contributed by atoms with Gasteiger partial charge in [0, 0.05) is 45.1 Å². The van der Waals surface area contributed by atoms with Crippen molar-refractivity contribution in [2.45, 2.75) is 83.5 Å². The van der Waals surface area contributed by atoms with E-state index in [4.69, 9.17) is 0 Å². The number of fused-ring (bicyclic) bond motifs is 1. The Bertz CT molecular complexity index is 667. The van der Waals surface area contributed by atoms with Crippen LogP contribution in [0.3, 0.4) is 0 Å². The lowest BCUT2D eigenvalue weighted by Crippen LogP contribution is -2.35. The number of aliphatic hydroxyl groups is 1. The van der Waals surface area contributed by atoms with E-state index in [1.165, 1.54) is 25.7 Å². The van der Waals surface area contributed by atoms with Crippen LogP contribution in [-0.4, -0.2) is 67.4 Å². The van der Waals surface area contributed by atoms with Crippen molar-refractivity contribution in [1.82, 2.24) is 24.6 Å². The molecule has 0 bridgehead atoms. The van der Waals surface area contributed by atoms with E-state index in [-0.39, 0.29) is 12.1 Å². The molecule has 2 aliphatic heterocycles. The first-order valence-electron chi connectivity index (χ1n) is 10.7. The fourth-order valence-electron chi connectivity index (χ4n) is 5.09. The van der Waals surface area contributed by atoms with Crippen molar-refractivity contribution in [2.24, 2.45) is 5.92 Å². The highest BCUT2D eigenvalue weighted by molar-refractivity contribution is 5.76. The van der Waals surface area contributed by atoms with Crippen molar-refractivity contribution < 1.29 is 9.90 Å². The van der Waals surface area contributed by atoms with Gasteiger partial charge in [0.15, 0.2) is 5.82 Å². The van der Waals surface area contributed by atoms with E-state index in [2.05, 4.69) is 33.5 Å². The third-order valence-corrected chi connectivity index (χ3v) is 6.62. The van der Waals surface area contributed by atoms with Crippen molar-refractivity contribution in [3.05, 3.63) is 11.6 Å². The molecule has 150 valence electrons. The molecular weight excluding hydrogens is 342 g/mol. The Kier molecular flexibility index (Phi) is 5.50. The lowest BCUT2D eigenvalue weighted by molar-refractivity contribution is -0.132. The lowest BCUT2D eigenvalue weighted by Gasteiger charge is -2.27. The summed E-state index contributed by atoms with van der Waals surface area (Å²) in [6.07, 6.45) is 6.86. The number of hydrogen-bond acceptors (Lipinski definition) is 5. The van der Waals surface area contributed by atoms with Crippen LogP contribution in [0.5, 0.6) is 0 Å². The fraction of sp³-hybridized carbons (Fsp3) is 0.850. The monoisotopic (exact) mass is 375 g/mol. The van der Waals surface area contributed by atoms with E-state index in [1.807, 2.05) is 4.90 Å². The summed E-state index contributed by atoms with van der Waals surface area (Å²) in [5, 5.41) is 19.1. The van der Waals surface area contributed by atoms with Crippen LogP contribution in [0.4, 0.5) is 0 Å². The molecule has 27 heavy (non-hydrogen) atoms. The Balaban J connectivity index is 1.45. The van der Waals surface area contributed by atoms with E-state index >= 15 is 0 Å². The van der Waals surface area contributed by atoms with Crippen LogP contribution in [0.1, 0.15) is 70.1 Å². The normalized spacial score (nSPS) is 27.3. The first kappa shape index (κ1) is 18.9. The van der Waals surface area contributed by atoms with Crippen LogP contribution in [0.25, 0.3) is 0 Å². The van der Waals surface area contributed by atoms with Gasteiger partial charge in [-0.05, 0) is 39.0 Å². The highest BCUT2D eigenvalue weighted by Gasteiger charge is 2.37. The molecule has 1 amide bonds. The molecule has 1 saturated heterocycles. The summed E-state index contributed by atoms with van der Waals surface area (Å²) in [6.45, 7) is 7.25. The van der Waals surface area contributed by atoms with E-state index in [0.717, 1.165) is 37.7 Å². The van der Waals surface area contributed by atoms with Crippen LogP contribution in [0.2, 0.25) is 0 Å². The molecule has 1 aliphatic carbocycles. The molecule has 2 fully saturated rings. The lowest BCUT2D eigenvalue weighted by atomic mass is 10.0. The first-order valence-corrected chi connectivity index (χ1v) is 10.7. The quantitative estimate of drug-likeness (QED) is 0.868. The molecule has 4 rings (SSSR count). The number of β-amino-alcohol motifs (C(OH)–C–C–N with tert-alkyl or cyclic N) is 1. The summed E-state index contributed by atoms with van der Waals surface area (Å²) in [7, 11) is 0. The number of amides is 1. The van der Waals surface area contributed by atoms with Gasteiger partial charge in [0.1, 0.15) is 5.82 Å². The van der Waals surface area contributed by atoms with Gasteiger partial charge in [-0.15, -0.1) is 10.2 Å². The highest BCUT2D eigenvalue weighted by atomic mass is 16.3. The second kappa shape index (κ2) is 7.87. The van der Waals surface area contributed by atoms with Crippen molar-refractivity contribution in [3.63, 3.8) is 0 Å². The molecule has 1 N–H and O–H groups in total. The van der Waals surface area contributed by atoms with E-state index in [1.54, 1.807) is 0 Å². The van der Waals surface area contributed by atoms with Crippen LogP contribution in [0.15, 0.2) is 0 Å². The summed E-state index contributed by atoms with van der Waals surface area (Å²) in [6, 6.07) is 0.470. The molecule has 3 aliphatic rings. The van der Waals surface area contributed by atoms with Gasteiger partial charge in [-0.3, -0.25) is 9.69 Å². The topological polar surface area (TPSA) is 74.5 Å². The number of carbonyl (C=O) groups excluding carboxylic acids is 1. The number of hydrogen-bond donors (Lipinski definition) is 1. The van der Waals surface area contributed by atoms with Gasteiger partial charge in [-0.25, -0.2) is 0 Å². The van der Waals surface area contributed by atoms with Gasteiger partial charge in [-0.2, -0.15) is 0 Å². The number of aliphatic hydroxyl groups excluding tert-OH is 1. The second-order valence-electron chi connectivity index (χ2n) is 8.81. The third kappa shape index (κ3) is 3.90. The summed E-state index contributed by atoms with van der Waals surface area (Å²) >= 11 is 0. The van der Waals surface area contributed by atoms with Gasteiger partial charge < -0.3 is 14.6 Å². The number of rotatable bonds is 4. The van der Waals surface area contributed by atoms with Crippen LogP contribution in [0, 0.1) is 5.92 Å². The zero-order valence-corrected chi connectivity index (χ0v) is 16.7. The molecule has 7 heteroatoms. The minimum atomic E-state index is -0.305. The van der Waals surface area contributed by atoms with Crippen molar-refractivity contribution in [1.29, 1.82) is 0 Å². The van der Waals surface area contributed by atoms with Gasteiger partial charge >= 0.3 is 0 Å². The Morgan fingerprint density at radius 2 is 1.96 bits per heavy atom. The first-order chi connectivity index (χ1) is 13.0. The van der Waals surface area contributed by atoms with Crippen LogP contribution >= 0.6 is 0 Å². The molecule has 0 radical (unpaired) electrons. The predicted octanol–water partition coefficient (Wildman–Crippen LogP) is 1.76. The molecular formula is C20H33N5O2. The molecule has 1 aromatic rings. The molecule has 1 saturated carbocycles. The van der Waals surface area contributed by atoms with E-state index < -0.39 is 0 Å². The number of carbonyl (C=O) groups is 1. The van der Waals surface area contributed by atoms with E-state index in [0.29, 0.717) is 37.3 Å². The Morgan fingerprint density at radius 3 is 2.70 bits per heavy atom. The standard InChI is InChI=1S/C20H33N5O2/c1-14(2)25-13-16(26)12-17(25)20-22-21-18-7-8-23(9-10-24(18)20)19(27)11-15-5-3-4-6-15/h14-17,26H,3-13H2,1-2H3/t16-,17+/m1/s1. The van der Waals surface area contributed by atoms with Gasteiger partial charge in [-0.1, -0.05) is 12.8 Å². The number of nitrogens with zero attached hydrogens (tertiary/aromatic N) is 5. The maximum atomic E-state index is 12.7. The Labute approximate surface area is 161 Å². The molecule has 2 atom stereocenters. The summed E-state index contributed by atoms with van der Waals surface area (Å²) < 4.78 is 2.21. The average Bonchev–Trinajstić information content (AvgIpc) is 3.33. The molecule has 1 aromatic heterocycles. The SMILES string of the molecule is CC(C)N1C[C@H](O)C[C@H]1c1nnc2n1CCN(C(=O)CC1CCCC1)CC2. The van der Waals surface area contributed by atoms with Crippen LogP contribution < -0.4 is 0 Å². The van der Waals surface area contributed by atoms with Crippen molar-refractivity contribution in [3.8, 4) is 0 Å². The molecule has 0 unspecified atom stereocenters. The maximum Gasteiger partial charge on any atom is 0.222 e. The minimum absolute atomic E-state index is 0.113. The zero-order chi connectivity index (χ0) is 19.0. The van der Waals surface area contributed by atoms with Crippen molar-refractivity contribution >= 4 is 5.91 Å². The molecule has 0 aromatic carbocycles. The fourth-order valence-corrected chi connectivity index (χ4v) is 5.09. The second-order valence-corrected chi connectivity index (χ2v) is 8.81. The average molecular weight is 376 g/mol. The molecule has 3 heterocycles. The maximum absolute atomic E-state index is 12.7. The molecule has 7 nitrogen and oxygen atoms in total. The summed E-state index contributed by atoms with van der Waals surface area (Å²) in [4.78, 5) is 17.1. The van der Waals surface area contributed by atoms with Gasteiger partial charge in [0.05, 0.1) is 12.1 Å². The van der Waals surface area contributed by atoms with Gasteiger partial charge in [0.25, 0.3) is 0 Å². The van der Waals surface area contributed by atoms with Crippen molar-refractivity contribution in [2.75, 3.05) is 19.6 Å². The zero-order valence-electron chi connectivity index (χ0n) is 16.7. The summed E-state index contributed by atoms with van der Waals surface area (Å²) in [5.74, 6) is 2.84. The summed E-state index contributed by atoms with van der Waals surface area (Å²) in [5.41, 5.74) is 0. The number of likely N-dealkylation sites (tertiary alicyclic amines) is 1. The minimum Gasteiger partial charge on any atom is -0.392 e. The smallest absolute Gasteiger partial charge is 0.222 e. The number of aromatic nitrogens is 3. The Hall–Kier alpha value is -1.47. The molecule has 0 spiro atoms. The predicted molar refractivity (Wildman–Crippen MR) is 102 cm³/mol. The Morgan fingerprint density at radius 1 is 1.19 bits per heavy atom.